The molecule has 0 saturated carbocycles. The van der Waals surface area contributed by atoms with Gasteiger partial charge in [0.2, 0.25) is 0 Å². The van der Waals surface area contributed by atoms with Crippen molar-refractivity contribution in [2.24, 2.45) is 0 Å². The SMILES string of the molecule is CC.CCc1cc(=S)oc2cc(N(CC)CC)ccc12. The number of hydrogen-bond acceptors (Lipinski definition) is 3. The Labute approximate surface area is 127 Å². The van der Waals surface area contributed by atoms with E-state index in [0.29, 0.717) is 4.71 Å². The van der Waals surface area contributed by atoms with Gasteiger partial charge >= 0.3 is 0 Å². The molecule has 1 heterocycles. The first kappa shape index (κ1) is 16.7. The second-order valence-corrected chi connectivity index (χ2v) is 4.70. The summed E-state index contributed by atoms with van der Waals surface area (Å²) in [5, 5.41) is 1.17. The summed E-state index contributed by atoms with van der Waals surface area (Å²) >= 11 is 5.18. The molecule has 0 aliphatic heterocycles. The Morgan fingerprint density at radius 1 is 1.05 bits per heavy atom. The minimum absolute atomic E-state index is 0.566. The molecule has 1 aromatic heterocycles. The molecule has 110 valence electrons. The fourth-order valence-corrected chi connectivity index (χ4v) is 2.53. The normalized spacial score (nSPS) is 10.1. The molecular formula is C17H25NOS. The lowest BCUT2D eigenvalue weighted by Crippen LogP contribution is -2.21. The number of rotatable bonds is 4. The molecule has 2 aromatic rings. The van der Waals surface area contributed by atoms with Crippen LogP contribution in [0.5, 0.6) is 0 Å². The third kappa shape index (κ3) is 3.60. The van der Waals surface area contributed by atoms with Gasteiger partial charge in [0.1, 0.15) is 5.58 Å². The zero-order valence-electron chi connectivity index (χ0n) is 13.2. The molecule has 0 saturated heterocycles. The lowest BCUT2D eigenvalue weighted by Gasteiger charge is -2.21. The third-order valence-electron chi connectivity index (χ3n) is 3.32. The summed E-state index contributed by atoms with van der Waals surface area (Å²) in [6.45, 7) is 12.5. The average Bonchev–Trinajstić information content (AvgIpc) is 2.49. The van der Waals surface area contributed by atoms with Gasteiger partial charge in [-0.25, -0.2) is 0 Å². The average molecular weight is 291 g/mol. The summed E-state index contributed by atoms with van der Waals surface area (Å²) in [6.07, 6.45) is 0.973. The van der Waals surface area contributed by atoms with E-state index in [0.717, 1.165) is 25.1 Å². The zero-order chi connectivity index (χ0) is 15.1. The molecule has 0 radical (unpaired) electrons. The Morgan fingerprint density at radius 2 is 1.70 bits per heavy atom. The van der Waals surface area contributed by atoms with Crippen LogP contribution >= 0.6 is 12.2 Å². The van der Waals surface area contributed by atoms with E-state index in [-0.39, 0.29) is 0 Å². The number of hydrogen-bond donors (Lipinski definition) is 0. The molecule has 0 aliphatic rings. The Hall–Kier alpha value is -1.35. The van der Waals surface area contributed by atoms with Crippen LogP contribution < -0.4 is 4.90 Å². The van der Waals surface area contributed by atoms with Crippen LogP contribution in [0.15, 0.2) is 28.7 Å². The summed E-state index contributed by atoms with van der Waals surface area (Å²) in [4.78, 5) is 2.30. The van der Waals surface area contributed by atoms with Crippen molar-refractivity contribution >= 4 is 28.9 Å². The first-order valence-electron chi connectivity index (χ1n) is 7.51. The molecular weight excluding hydrogens is 266 g/mol. The highest BCUT2D eigenvalue weighted by molar-refractivity contribution is 7.71. The highest BCUT2D eigenvalue weighted by Gasteiger charge is 2.07. The monoisotopic (exact) mass is 291 g/mol. The van der Waals surface area contributed by atoms with E-state index in [1.807, 2.05) is 19.9 Å². The van der Waals surface area contributed by atoms with Gasteiger partial charge in [0, 0.05) is 30.2 Å². The standard InChI is InChI=1S/C15H19NOS.C2H6/c1-4-11-9-15(18)17-14-10-12(7-8-13(11)14)16(5-2)6-3;1-2/h7-10H,4-6H2,1-3H3;1-2H3. The highest BCUT2D eigenvalue weighted by Crippen LogP contribution is 2.25. The van der Waals surface area contributed by atoms with E-state index in [2.05, 4.69) is 43.9 Å². The maximum atomic E-state index is 5.67. The van der Waals surface area contributed by atoms with Crippen molar-refractivity contribution in [1.29, 1.82) is 0 Å². The Bertz CT molecular complexity index is 599. The van der Waals surface area contributed by atoms with Crippen LogP contribution in [0.3, 0.4) is 0 Å². The van der Waals surface area contributed by atoms with Crippen molar-refractivity contribution in [3.05, 3.63) is 34.5 Å². The molecule has 1 aromatic carbocycles. The molecule has 0 atom stereocenters. The maximum absolute atomic E-state index is 5.67. The predicted octanol–water partition coefficient (Wildman–Crippen LogP) is 5.60. The summed E-state index contributed by atoms with van der Waals surface area (Å²) in [7, 11) is 0. The lowest BCUT2D eigenvalue weighted by atomic mass is 10.1. The number of nitrogens with zero attached hydrogens (tertiary/aromatic N) is 1. The van der Waals surface area contributed by atoms with Crippen LogP contribution in [0.1, 0.15) is 40.2 Å². The van der Waals surface area contributed by atoms with Crippen molar-refractivity contribution in [3.8, 4) is 0 Å². The van der Waals surface area contributed by atoms with Crippen LogP contribution in [0.25, 0.3) is 11.0 Å². The van der Waals surface area contributed by atoms with Crippen molar-refractivity contribution in [3.63, 3.8) is 0 Å². The number of anilines is 1. The molecule has 3 heteroatoms. The fraction of sp³-hybridized carbons (Fsp3) is 0.471. The Balaban J connectivity index is 0.000000956. The van der Waals surface area contributed by atoms with Crippen LogP contribution in [0.4, 0.5) is 5.69 Å². The fourth-order valence-electron chi connectivity index (χ4n) is 2.30. The molecule has 0 unspecified atom stereocenters. The number of fused-ring (bicyclic) bond motifs is 1. The molecule has 0 amide bonds. The number of benzene rings is 1. The van der Waals surface area contributed by atoms with Crippen LogP contribution in [0, 0.1) is 4.71 Å². The first-order valence-corrected chi connectivity index (χ1v) is 7.92. The van der Waals surface area contributed by atoms with Gasteiger partial charge in [0.25, 0.3) is 0 Å². The van der Waals surface area contributed by atoms with Gasteiger partial charge in [-0.15, -0.1) is 0 Å². The molecule has 20 heavy (non-hydrogen) atoms. The first-order chi connectivity index (χ1) is 9.69. The van der Waals surface area contributed by atoms with Gasteiger partial charge < -0.3 is 9.32 Å². The summed E-state index contributed by atoms with van der Waals surface area (Å²) < 4.78 is 6.24. The highest BCUT2D eigenvalue weighted by atomic mass is 32.1. The Kier molecular flexibility index (Phi) is 6.73. The van der Waals surface area contributed by atoms with Gasteiger partial charge in [-0.1, -0.05) is 20.8 Å². The smallest absolute Gasteiger partial charge is 0.191 e. The Morgan fingerprint density at radius 3 is 2.25 bits per heavy atom. The molecule has 2 rings (SSSR count). The second-order valence-electron chi connectivity index (χ2n) is 4.30. The van der Waals surface area contributed by atoms with Crippen LogP contribution in [-0.4, -0.2) is 13.1 Å². The topological polar surface area (TPSA) is 16.4 Å². The van der Waals surface area contributed by atoms with Gasteiger partial charge in [-0.3, -0.25) is 0 Å². The van der Waals surface area contributed by atoms with E-state index < -0.39 is 0 Å². The number of aryl methyl sites for hydroxylation is 1. The zero-order valence-corrected chi connectivity index (χ0v) is 14.0. The van der Waals surface area contributed by atoms with E-state index in [1.165, 1.54) is 16.6 Å². The van der Waals surface area contributed by atoms with Gasteiger partial charge in [0.15, 0.2) is 4.71 Å². The van der Waals surface area contributed by atoms with E-state index in [1.54, 1.807) is 0 Å². The molecule has 2 nitrogen and oxygen atoms in total. The summed E-state index contributed by atoms with van der Waals surface area (Å²) in [5.74, 6) is 0. The third-order valence-corrected chi connectivity index (χ3v) is 3.52. The van der Waals surface area contributed by atoms with E-state index in [9.17, 15) is 0 Å². The van der Waals surface area contributed by atoms with Gasteiger partial charge in [-0.05, 0) is 56.2 Å². The quantitative estimate of drug-likeness (QED) is 0.682. The van der Waals surface area contributed by atoms with Crippen molar-refractivity contribution < 1.29 is 4.42 Å². The molecule has 0 aliphatic carbocycles. The van der Waals surface area contributed by atoms with Crippen LogP contribution in [0.2, 0.25) is 0 Å². The van der Waals surface area contributed by atoms with Crippen molar-refractivity contribution in [2.45, 2.75) is 41.0 Å². The van der Waals surface area contributed by atoms with E-state index >= 15 is 0 Å². The van der Waals surface area contributed by atoms with Crippen molar-refractivity contribution in [2.75, 3.05) is 18.0 Å². The molecule has 0 bridgehead atoms. The minimum Gasteiger partial charge on any atom is -0.445 e. The summed E-state index contributed by atoms with van der Waals surface area (Å²) in [5.41, 5.74) is 3.34. The van der Waals surface area contributed by atoms with Gasteiger partial charge in [-0.2, -0.15) is 0 Å². The van der Waals surface area contributed by atoms with Crippen LogP contribution in [-0.2, 0) is 6.42 Å². The van der Waals surface area contributed by atoms with Gasteiger partial charge in [0.05, 0.1) is 0 Å². The minimum atomic E-state index is 0.566. The molecule has 0 fully saturated rings. The largest absolute Gasteiger partial charge is 0.445 e. The molecule has 0 N–H and O–H groups in total. The molecule has 0 spiro atoms. The lowest BCUT2D eigenvalue weighted by molar-refractivity contribution is 0.584. The van der Waals surface area contributed by atoms with E-state index in [4.69, 9.17) is 16.6 Å². The van der Waals surface area contributed by atoms with Crippen molar-refractivity contribution in [1.82, 2.24) is 0 Å². The predicted molar refractivity (Wildman–Crippen MR) is 91.3 cm³/mol. The maximum Gasteiger partial charge on any atom is 0.191 e. The second kappa shape index (κ2) is 8.05. The summed E-state index contributed by atoms with van der Waals surface area (Å²) in [6, 6.07) is 8.35.